The molecule has 1 saturated heterocycles. The van der Waals surface area contributed by atoms with Crippen molar-refractivity contribution in [2.75, 3.05) is 26.1 Å². The summed E-state index contributed by atoms with van der Waals surface area (Å²) >= 11 is 1.44. The number of hydrogen-bond donors (Lipinski definition) is 1. The Morgan fingerprint density at radius 3 is 2.65 bits per heavy atom. The second-order valence-electron chi connectivity index (χ2n) is 6.54. The van der Waals surface area contributed by atoms with E-state index in [1.54, 1.807) is 36.6 Å². The van der Waals surface area contributed by atoms with E-state index < -0.39 is 0 Å². The van der Waals surface area contributed by atoms with Crippen molar-refractivity contribution >= 4 is 42.3 Å². The minimum Gasteiger partial charge on any atom is -0.463 e. The maximum atomic E-state index is 12.8. The summed E-state index contributed by atoms with van der Waals surface area (Å²) in [6.45, 7) is 8.40. The van der Waals surface area contributed by atoms with Crippen molar-refractivity contribution < 1.29 is 18.7 Å². The Bertz CT molecular complexity index is 859. The van der Waals surface area contributed by atoms with Crippen LogP contribution >= 0.6 is 11.8 Å². The van der Waals surface area contributed by atoms with Gasteiger partial charge >= 0.3 is 0 Å². The van der Waals surface area contributed by atoms with Crippen LogP contribution in [0.5, 0.6) is 0 Å². The molecule has 7 nitrogen and oxygen atoms in total. The Morgan fingerprint density at radius 1 is 1.35 bits per heavy atom. The van der Waals surface area contributed by atoms with Crippen molar-refractivity contribution in [3.05, 3.63) is 65.2 Å². The molecule has 0 saturated carbocycles. The molecule has 8 heteroatoms. The molecule has 1 fully saturated rings. The summed E-state index contributed by atoms with van der Waals surface area (Å²) in [4.78, 5) is 31.5. The Morgan fingerprint density at radius 2 is 2.13 bits per heavy atom. The first kappa shape index (κ1) is 24.5. The fourth-order valence-electron chi connectivity index (χ4n) is 2.83. The Hall–Kier alpha value is -2.81. The number of carbonyl (C=O) groups excluding carboxylic acids is 2. The van der Waals surface area contributed by atoms with Crippen molar-refractivity contribution in [3.63, 3.8) is 0 Å². The zero-order valence-corrected chi connectivity index (χ0v) is 18.4. The number of nitrogens with one attached hydrogen (secondary N) is 1. The Labute approximate surface area is 186 Å². The molecule has 2 aromatic rings. The third-order valence-corrected chi connectivity index (χ3v) is 5.58. The molecule has 1 aliphatic rings. The van der Waals surface area contributed by atoms with Gasteiger partial charge in [0.1, 0.15) is 5.70 Å². The van der Waals surface area contributed by atoms with Gasteiger partial charge in [0.25, 0.3) is 0 Å². The summed E-state index contributed by atoms with van der Waals surface area (Å²) in [6, 6.07) is 7.02. The zero-order valence-electron chi connectivity index (χ0n) is 17.6. The lowest BCUT2D eigenvalue weighted by Crippen LogP contribution is -2.25. The van der Waals surface area contributed by atoms with Crippen molar-refractivity contribution in [2.24, 2.45) is 10.9 Å². The maximum absolute atomic E-state index is 12.8. The Kier molecular flexibility index (Phi) is 10.6. The molecule has 0 bridgehead atoms. The third-order valence-electron chi connectivity index (χ3n) is 4.46. The van der Waals surface area contributed by atoms with Crippen molar-refractivity contribution in [2.45, 2.75) is 12.8 Å². The number of ether oxygens (including phenoxy) is 1. The van der Waals surface area contributed by atoms with E-state index in [-0.39, 0.29) is 11.7 Å². The molecule has 0 aliphatic carbocycles. The molecule has 0 amide bonds. The molecule has 0 spiro atoms. The molecule has 3 heterocycles. The highest BCUT2D eigenvalue weighted by Gasteiger charge is 2.28. The number of aliphatic imine (C=N–C) groups is 1. The number of pyridine rings is 1. The number of aldehydes is 1. The van der Waals surface area contributed by atoms with Gasteiger partial charge in [-0.1, -0.05) is 6.58 Å². The summed E-state index contributed by atoms with van der Waals surface area (Å²) in [7, 11) is 1.84. The highest BCUT2D eigenvalue weighted by Crippen LogP contribution is 2.33. The van der Waals surface area contributed by atoms with Crippen molar-refractivity contribution in [3.8, 4) is 0 Å². The third kappa shape index (κ3) is 7.43. The van der Waals surface area contributed by atoms with Crippen LogP contribution in [0.25, 0.3) is 11.8 Å². The molecule has 1 N–H and O–H groups in total. The standard InChI is InChI=1S/C15H20N2O3S.C8H7NO/c1-16-10-21-15(13(17-2)12-4-3-7-20-12)14(18)11-5-8-19-9-6-11;1-2-8-4-3-7(6-10)5-9-8/h3-4,7,11,16H,2,5-6,8-10H2,1H3;2-6H,1H2/b15-13-;. The SMILES string of the molecule is C=Cc1ccc(C=O)cn1.C=N/C(=C(\SCNC)C(=O)C1CCOCC1)c1ccco1. The summed E-state index contributed by atoms with van der Waals surface area (Å²) in [5, 5.41) is 3.04. The van der Waals surface area contributed by atoms with Crippen LogP contribution in [0.1, 0.15) is 34.7 Å². The molecule has 31 heavy (non-hydrogen) atoms. The van der Waals surface area contributed by atoms with E-state index in [1.165, 1.54) is 18.0 Å². The summed E-state index contributed by atoms with van der Waals surface area (Å²) in [5.41, 5.74) is 1.90. The van der Waals surface area contributed by atoms with E-state index in [0.717, 1.165) is 24.8 Å². The van der Waals surface area contributed by atoms with Gasteiger partial charge < -0.3 is 14.5 Å². The van der Waals surface area contributed by atoms with Crippen LogP contribution in [-0.4, -0.2) is 49.9 Å². The molecular formula is C23H27N3O4S. The minimum absolute atomic E-state index is 0.00943. The lowest BCUT2D eigenvalue weighted by Gasteiger charge is -2.22. The minimum atomic E-state index is -0.00943. The average molecular weight is 442 g/mol. The van der Waals surface area contributed by atoms with E-state index in [4.69, 9.17) is 9.15 Å². The predicted octanol–water partition coefficient (Wildman–Crippen LogP) is 4.09. The van der Waals surface area contributed by atoms with Crippen molar-refractivity contribution in [1.29, 1.82) is 0 Å². The number of rotatable bonds is 9. The first-order valence-corrected chi connectivity index (χ1v) is 10.8. The van der Waals surface area contributed by atoms with Crippen LogP contribution < -0.4 is 5.32 Å². The number of furan rings is 1. The monoisotopic (exact) mass is 441 g/mol. The lowest BCUT2D eigenvalue weighted by molar-refractivity contribution is -0.121. The maximum Gasteiger partial charge on any atom is 0.174 e. The number of ketones is 1. The van der Waals surface area contributed by atoms with Gasteiger partial charge in [-0.2, -0.15) is 0 Å². The summed E-state index contributed by atoms with van der Waals surface area (Å²) in [5.74, 6) is 1.30. The van der Waals surface area contributed by atoms with E-state index in [0.29, 0.717) is 41.0 Å². The molecule has 0 aromatic carbocycles. The van der Waals surface area contributed by atoms with Crippen LogP contribution in [0, 0.1) is 5.92 Å². The summed E-state index contributed by atoms with van der Waals surface area (Å²) in [6.07, 6.45) is 6.99. The van der Waals surface area contributed by atoms with Gasteiger partial charge in [0.05, 0.1) is 16.9 Å². The normalized spacial score (nSPS) is 14.6. The average Bonchev–Trinajstić information content (AvgIpc) is 3.37. The molecule has 0 radical (unpaired) electrons. The second-order valence-corrected chi connectivity index (χ2v) is 7.53. The van der Waals surface area contributed by atoms with Crippen LogP contribution in [-0.2, 0) is 9.53 Å². The van der Waals surface area contributed by atoms with E-state index in [9.17, 15) is 9.59 Å². The number of hydrogen-bond acceptors (Lipinski definition) is 8. The van der Waals surface area contributed by atoms with Crippen LogP contribution in [0.2, 0.25) is 0 Å². The highest BCUT2D eigenvalue weighted by molar-refractivity contribution is 8.04. The van der Waals surface area contributed by atoms with Crippen LogP contribution in [0.15, 0.2) is 57.6 Å². The fourth-order valence-corrected chi connectivity index (χ4v) is 3.73. The summed E-state index contributed by atoms with van der Waals surface area (Å²) < 4.78 is 10.7. The van der Waals surface area contributed by atoms with Gasteiger partial charge in [-0.05, 0) is 56.9 Å². The van der Waals surface area contributed by atoms with Gasteiger partial charge in [-0.3, -0.25) is 19.6 Å². The number of thioether (sulfide) groups is 1. The van der Waals surface area contributed by atoms with Gasteiger partial charge in [0, 0.05) is 36.8 Å². The number of carbonyl (C=O) groups is 2. The van der Waals surface area contributed by atoms with Crippen LogP contribution in [0.4, 0.5) is 0 Å². The molecule has 0 atom stereocenters. The molecule has 164 valence electrons. The topological polar surface area (TPSA) is 93.8 Å². The van der Waals surface area contributed by atoms with Crippen LogP contribution in [0.3, 0.4) is 0 Å². The van der Waals surface area contributed by atoms with Gasteiger partial charge in [-0.15, -0.1) is 11.8 Å². The largest absolute Gasteiger partial charge is 0.463 e. The second kappa shape index (κ2) is 13.5. The van der Waals surface area contributed by atoms with Gasteiger partial charge in [0.2, 0.25) is 0 Å². The lowest BCUT2D eigenvalue weighted by atomic mass is 9.94. The van der Waals surface area contributed by atoms with Crippen molar-refractivity contribution in [1.82, 2.24) is 10.3 Å². The molecule has 1 aliphatic heterocycles. The quantitative estimate of drug-likeness (QED) is 0.271. The molecule has 2 aromatic heterocycles. The first-order chi connectivity index (χ1) is 15.1. The van der Waals surface area contributed by atoms with Gasteiger partial charge in [-0.25, -0.2) is 0 Å². The molecule has 3 rings (SSSR count). The number of aromatic nitrogens is 1. The van der Waals surface area contributed by atoms with E-state index >= 15 is 0 Å². The van der Waals surface area contributed by atoms with Gasteiger partial charge in [0.15, 0.2) is 17.8 Å². The predicted molar refractivity (Wildman–Crippen MR) is 125 cm³/mol. The highest BCUT2D eigenvalue weighted by atomic mass is 32.2. The van der Waals surface area contributed by atoms with E-state index in [2.05, 4.69) is 28.6 Å². The molecular weight excluding hydrogens is 414 g/mol. The fraction of sp³-hybridized carbons (Fsp3) is 0.304. The van der Waals surface area contributed by atoms with E-state index in [1.807, 2.05) is 7.05 Å². The molecule has 0 unspecified atom stereocenters. The Balaban J connectivity index is 0.000000285. The zero-order chi connectivity index (χ0) is 22.5. The number of Topliss-reactive ketones (excluding diaryl/α,β-unsaturated/α-hetero) is 1. The number of nitrogens with zero attached hydrogens (tertiary/aromatic N) is 2. The number of allylic oxidation sites excluding steroid dienone is 1. The smallest absolute Gasteiger partial charge is 0.174 e. The first-order valence-electron chi connectivity index (χ1n) is 9.82.